The van der Waals surface area contributed by atoms with Gasteiger partial charge in [-0.15, -0.1) is 11.3 Å². The van der Waals surface area contributed by atoms with Crippen LogP contribution in [0.25, 0.3) is 0 Å². The van der Waals surface area contributed by atoms with E-state index in [2.05, 4.69) is 31.9 Å². The first-order chi connectivity index (χ1) is 5.15. The minimum atomic E-state index is 0.196. The Bertz CT molecular complexity index is 260. The normalized spacial score (nSPS) is 10.1. The van der Waals surface area contributed by atoms with Crippen LogP contribution in [0.1, 0.15) is 23.0 Å². The van der Waals surface area contributed by atoms with Gasteiger partial charge in [-0.05, 0) is 37.9 Å². The van der Waals surface area contributed by atoms with Crippen LogP contribution in [0.3, 0.4) is 0 Å². The van der Waals surface area contributed by atoms with Crippen LogP contribution >= 0.6 is 43.2 Å². The van der Waals surface area contributed by atoms with Gasteiger partial charge in [0, 0.05) is 10.9 Å². The number of hydrogen-bond acceptors (Lipinski definition) is 2. The maximum atomic E-state index is 11.1. The molecule has 0 aromatic carbocycles. The van der Waals surface area contributed by atoms with Gasteiger partial charge in [0.15, 0.2) is 5.78 Å². The zero-order chi connectivity index (χ0) is 8.43. The van der Waals surface area contributed by atoms with E-state index in [0.29, 0.717) is 6.42 Å². The second-order valence-corrected chi connectivity index (χ2v) is 5.23. The molecular formula is C7H6Br2OS. The van der Waals surface area contributed by atoms with E-state index in [0.717, 1.165) is 13.1 Å². The predicted octanol–water partition coefficient (Wildman–Crippen LogP) is 3.87. The summed E-state index contributed by atoms with van der Waals surface area (Å²) in [5, 5.41) is 0. The summed E-state index contributed by atoms with van der Waals surface area (Å²) < 4.78 is 1.94. The molecule has 1 nitrogen and oxygen atoms in total. The van der Waals surface area contributed by atoms with Crippen LogP contribution in [0.2, 0.25) is 0 Å². The maximum Gasteiger partial charge on any atom is 0.172 e. The van der Waals surface area contributed by atoms with Gasteiger partial charge in [-0.1, -0.05) is 6.92 Å². The first-order valence-corrected chi connectivity index (χ1v) is 5.53. The minimum absolute atomic E-state index is 0.196. The number of hydrogen-bond donors (Lipinski definition) is 0. The van der Waals surface area contributed by atoms with E-state index >= 15 is 0 Å². The van der Waals surface area contributed by atoms with Crippen molar-refractivity contribution in [2.75, 3.05) is 0 Å². The van der Waals surface area contributed by atoms with Crippen LogP contribution in [0, 0.1) is 0 Å². The Balaban J connectivity index is 2.97. The fraction of sp³-hybridized carbons (Fsp3) is 0.286. The Morgan fingerprint density at radius 2 is 2.27 bits per heavy atom. The van der Waals surface area contributed by atoms with Gasteiger partial charge >= 0.3 is 0 Å². The minimum Gasteiger partial charge on any atom is -0.293 e. The van der Waals surface area contributed by atoms with Crippen molar-refractivity contribution in [3.8, 4) is 0 Å². The summed E-state index contributed by atoms with van der Waals surface area (Å²) in [6, 6.07) is 1.85. The lowest BCUT2D eigenvalue weighted by molar-refractivity contribution is 0.0992. The van der Waals surface area contributed by atoms with Crippen LogP contribution in [0.4, 0.5) is 0 Å². The molecule has 60 valence electrons. The molecule has 0 bridgehead atoms. The zero-order valence-electron chi connectivity index (χ0n) is 5.86. The lowest BCUT2D eigenvalue weighted by atomic mass is 10.3. The summed E-state index contributed by atoms with van der Waals surface area (Å²) in [4.78, 5) is 12.0. The summed E-state index contributed by atoms with van der Waals surface area (Å²) in [5.74, 6) is 0.196. The quantitative estimate of drug-likeness (QED) is 0.758. The van der Waals surface area contributed by atoms with Gasteiger partial charge in [0.25, 0.3) is 0 Å². The van der Waals surface area contributed by atoms with Gasteiger partial charge in [-0.25, -0.2) is 0 Å². The number of carbonyl (C=O) groups is 1. The molecule has 0 radical (unpaired) electrons. The molecule has 0 aliphatic rings. The molecule has 1 heterocycles. The lowest BCUT2D eigenvalue weighted by Gasteiger charge is -1.86. The molecule has 0 fully saturated rings. The second-order valence-electron chi connectivity index (χ2n) is 2.01. The Kier molecular flexibility index (Phi) is 3.28. The zero-order valence-corrected chi connectivity index (χ0v) is 9.85. The highest BCUT2D eigenvalue weighted by Gasteiger charge is 2.09. The Hall–Kier alpha value is 0.330. The molecule has 1 aromatic heterocycles. The van der Waals surface area contributed by atoms with Gasteiger partial charge in [-0.3, -0.25) is 4.79 Å². The van der Waals surface area contributed by atoms with Crippen molar-refractivity contribution < 1.29 is 4.79 Å². The fourth-order valence-corrected chi connectivity index (χ4v) is 2.70. The number of thiophene rings is 1. The Labute approximate surface area is 86.1 Å². The van der Waals surface area contributed by atoms with Crippen molar-refractivity contribution >= 4 is 49.0 Å². The molecule has 0 amide bonds. The van der Waals surface area contributed by atoms with Gasteiger partial charge in [0.1, 0.15) is 0 Å². The van der Waals surface area contributed by atoms with E-state index in [1.165, 1.54) is 11.3 Å². The number of rotatable bonds is 2. The molecule has 0 aliphatic carbocycles. The number of Topliss-reactive ketones (excluding diaryl/α,β-unsaturated/α-hetero) is 1. The Morgan fingerprint density at radius 1 is 1.64 bits per heavy atom. The number of carbonyl (C=O) groups excluding carboxylic acids is 1. The summed E-state index contributed by atoms with van der Waals surface area (Å²) in [5.41, 5.74) is 0. The molecule has 0 unspecified atom stereocenters. The molecule has 0 spiro atoms. The van der Waals surface area contributed by atoms with Crippen LogP contribution in [-0.2, 0) is 0 Å². The van der Waals surface area contributed by atoms with Crippen LogP contribution in [0.5, 0.6) is 0 Å². The SMILES string of the molecule is CCC(=O)c1cc(Br)c(Br)s1. The third-order valence-corrected chi connectivity index (χ3v) is 4.54. The van der Waals surface area contributed by atoms with E-state index in [1.807, 2.05) is 13.0 Å². The molecule has 1 rings (SSSR count). The largest absolute Gasteiger partial charge is 0.293 e. The average Bonchev–Trinajstić information content (AvgIpc) is 2.31. The Morgan fingerprint density at radius 3 is 2.64 bits per heavy atom. The summed E-state index contributed by atoms with van der Waals surface area (Å²) in [6.45, 7) is 1.86. The van der Waals surface area contributed by atoms with Gasteiger partial charge < -0.3 is 0 Å². The van der Waals surface area contributed by atoms with E-state index in [-0.39, 0.29) is 5.78 Å². The second kappa shape index (κ2) is 3.83. The van der Waals surface area contributed by atoms with E-state index < -0.39 is 0 Å². The first kappa shape index (κ1) is 9.42. The summed E-state index contributed by atoms with van der Waals surface area (Å²) >= 11 is 8.13. The fourth-order valence-electron chi connectivity index (χ4n) is 0.658. The average molecular weight is 298 g/mol. The van der Waals surface area contributed by atoms with E-state index in [4.69, 9.17) is 0 Å². The molecule has 0 atom stereocenters. The standard InChI is InChI=1S/C7H6Br2OS/c1-2-5(10)6-3-4(8)7(9)11-6/h3H,2H2,1H3. The van der Waals surface area contributed by atoms with Crippen molar-refractivity contribution in [3.63, 3.8) is 0 Å². The van der Waals surface area contributed by atoms with Crippen LogP contribution in [-0.4, -0.2) is 5.78 Å². The van der Waals surface area contributed by atoms with Gasteiger partial charge in [0.2, 0.25) is 0 Å². The molecule has 11 heavy (non-hydrogen) atoms. The third kappa shape index (κ3) is 2.13. The predicted molar refractivity (Wildman–Crippen MR) is 54.3 cm³/mol. The maximum absolute atomic E-state index is 11.1. The highest BCUT2D eigenvalue weighted by molar-refractivity contribution is 9.13. The van der Waals surface area contributed by atoms with Crippen molar-refractivity contribution in [1.29, 1.82) is 0 Å². The number of halogens is 2. The third-order valence-electron chi connectivity index (χ3n) is 1.24. The molecule has 0 saturated heterocycles. The first-order valence-electron chi connectivity index (χ1n) is 3.13. The van der Waals surface area contributed by atoms with Gasteiger partial charge in [0.05, 0.1) is 8.66 Å². The molecule has 1 aromatic rings. The van der Waals surface area contributed by atoms with E-state index in [1.54, 1.807) is 0 Å². The monoisotopic (exact) mass is 296 g/mol. The number of ketones is 1. The van der Waals surface area contributed by atoms with Gasteiger partial charge in [-0.2, -0.15) is 0 Å². The highest BCUT2D eigenvalue weighted by atomic mass is 79.9. The summed E-state index contributed by atoms with van der Waals surface area (Å²) in [6.07, 6.45) is 0.569. The van der Waals surface area contributed by atoms with Crippen LogP contribution in [0.15, 0.2) is 14.3 Å². The van der Waals surface area contributed by atoms with Crippen molar-refractivity contribution in [1.82, 2.24) is 0 Å². The molecule has 0 saturated carbocycles. The lowest BCUT2D eigenvalue weighted by Crippen LogP contribution is -1.90. The molecule has 0 N–H and O–H groups in total. The summed E-state index contributed by atoms with van der Waals surface area (Å²) in [7, 11) is 0. The molecule has 0 aliphatic heterocycles. The van der Waals surface area contributed by atoms with Crippen molar-refractivity contribution in [2.45, 2.75) is 13.3 Å². The smallest absolute Gasteiger partial charge is 0.172 e. The molecule has 4 heteroatoms. The highest BCUT2D eigenvalue weighted by Crippen LogP contribution is 2.32. The molecular weight excluding hydrogens is 292 g/mol. The topological polar surface area (TPSA) is 17.1 Å². The van der Waals surface area contributed by atoms with E-state index in [9.17, 15) is 4.79 Å². The van der Waals surface area contributed by atoms with Crippen LogP contribution < -0.4 is 0 Å². The van der Waals surface area contributed by atoms with Crippen molar-refractivity contribution in [2.24, 2.45) is 0 Å². The van der Waals surface area contributed by atoms with Crippen molar-refractivity contribution in [3.05, 3.63) is 19.2 Å².